The van der Waals surface area contributed by atoms with Crippen LogP contribution in [0.1, 0.15) is 34.3 Å². The van der Waals surface area contributed by atoms with Gasteiger partial charge in [-0.25, -0.2) is 4.79 Å². The molecule has 0 saturated heterocycles. The largest absolute Gasteiger partial charge is 0.459 e. The third-order valence-electron chi connectivity index (χ3n) is 2.91. The number of carbonyl (C=O) groups is 1. The number of esters is 1. The van der Waals surface area contributed by atoms with E-state index in [0.717, 1.165) is 17.7 Å². The molecule has 3 atom stereocenters. The summed E-state index contributed by atoms with van der Waals surface area (Å²) in [6, 6.07) is 3.57. The molecule has 1 aromatic rings. The number of thiophene rings is 1. The Hall–Kier alpha value is -0.990. The van der Waals surface area contributed by atoms with E-state index in [4.69, 9.17) is 14.9 Å². The number of hydrogen-bond acceptors (Lipinski definition) is 7. The summed E-state index contributed by atoms with van der Waals surface area (Å²) in [6.07, 6.45) is -1.95. The highest BCUT2D eigenvalue weighted by Gasteiger charge is 2.21. The van der Waals surface area contributed by atoms with E-state index < -0.39 is 30.9 Å². The average molecular weight is 318 g/mol. The van der Waals surface area contributed by atoms with Crippen LogP contribution in [0.4, 0.5) is 0 Å². The molecule has 7 heteroatoms. The molecule has 4 N–H and O–H groups in total. The summed E-state index contributed by atoms with van der Waals surface area (Å²) in [5, 5.41) is 36.9. The van der Waals surface area contributed by atoms with Gasteiger partial charge in [-0.05, 0) is 18.6 Å². The van der Waals surface area contributed by atoms with Gasteiger partial charge in [-0.3, -0.25) is 0 Å². The molecule has 0 aliphatic carbocycles. The van der Waals surface area contributed by atoms with E-state index in [9.17, 15) is 15.0 Å². The number of aryl methyl sites for hydroxylation is 1. The summed E-state index contributed by atoms with van der Waals surface area (Å²) >= 11 is 1.36. The summed E-state index contributed by atoms with van der Waals surface area (Å²) < 4.78 is 4.96. The van der Waals surface area contributed by atoms with Gasteiger partial charge >= 0.3 is 5.97 Å². The van der Waals surface area contributed by atoms with Crippen molar-refractivity contribution in [1.29, 1.82) is 0 Å². The van der Waals surface area contributed by atoms with Crippen LogP contribution >= 0.6 is 11.3 Å². The molecule has 0 bridgehead atoms. The maximum absolute atomic E-state index is 11.8. The van der Waals surface area contributed by atoms with Crippen LogP contribution in [0.25, 0.3) is 0 Å². The normalized spacial score (nSPS) is 15.5. The lowest BCUT2D eigenvalue weighted by atomic mass is 10.1. The Kier molecular flexibility index (Phi) is 7.84. The average Bonchev–Trinajstić information content (AvgIpc) is 2.92. The summed E-state index contributed by atoms with van der Waals surface area (Å²) in [4.78, 5) is 13.3. The van der Waals surface area contributed by atoms with Crippen LogP contribution in [-0.4, -0.2) is 57.9 Å². The molecule has 0 aliphatic rings. The van der Waals surface area contributed by atoms with Crippen LogP contribution in [0, 0.1) is 0 Å². The molecule has 0 spiro atoms. The SMILES string of the molecule is CCCc1ccc(C(=O)OCC(O)CC(O)C(O)CO)s1. The highest BCUT2D eigenvalue weighted by Crippen LogP contribution is 2.19. The number of aliphatic hydroxyl groups excluding tert-OH is 4. The fourth-order valence-electron chi connectivity index (χ4n) is 1.74. The van der Waals surface area contributed by atoms with Gasteiger partial charge in [-0.2, -0.15) is 0 Å². The number of hydrogen-bond donors (Lipinski definition) is 4. The molecule has 6 nitrogen and oxygen atoms in total. The van der Waals surface area contributed by atoms with Crippen LogP contribution in [0.3, 0.4) is 0 Å². The van der Waals surface area contributed by atoms with Crippen molar-refractivity contribution in [3.05, 3.63) is 21.9 Å². The summed E-state index contributed by atoms with van der Waals surface area (Å²) in [6.45, 7) is 1.19. The number of rotatable bonds is 9. The zero-order valence-corrected chi connectivity index (χ0v) is 12.8. The molecule has 0 radical (unpaired) electrons. The lowest BCUT2D eigenvalue weighted by Gasteiger charge is -2.18. The lowest BCUT2D eigenvalue weighted by molar-refractivity contribution is -0.0467. The minimum Gasteiger partial charge on any atom is -0.459 e. The van der Waals surface area contributed by atoms with Gasteiger partial charge in [0.2, 0.25) is 0 Å². The Morgan fingerprint density at radius 1 is 1.29 bits per heavy atom. The van der Waals surface area contributed by atoms with Crippen LogP contribution in [0.2, 0.25) is 0 Å². The van der Waals surface area contributed by atoms with E-state index in [2.05, 4.69) is 6.92 Å². The van der Waals surface area contributed by atoms with E-state index in [1.54, 1.807) is 6.07 Å². The van der Waals surface area contributed by atoms with Gasteiger partial charge in [-0.1, -0.05) is 13.3 Å². The van der Waals surface area contributed by atoms with Crippen molar-refractivity contribution in [3.8, 4) is 0 Å². The quantitative estimate of drug-likeness (QED) is 0.489. The Labute approximate surface area is 127 Å². The minimum atomic E-state index is -1.32. The predicted octanol–water partition coefficient (Wildman–Crippen LogP) is 0.323. The summed E-state index contributed by atoms with van der Waals surface area (Å²) in [7, 11) is 0. The Balaban J connectivity index is 2.37. The first-order valence-electron chi connectivity index (χ1n) is 6.88. The number of ether oxygens (including phenoxy) is 1. The molecule has 3 unspecified atom stereocenters. The van der Waals surface area contributed by atoms with Gasteiger partial charge in [0.25, 0.3) is 0 Å². The predicted molar refractivity (Wildman–Crippen MR) is 78.3 cm³/mol. The maximum atomic E-state index is 11.8. The maximum Gasteiger partial charge on any atom is 0.348 e. The fourth-order valence-corrected chi connectivity index (χ4v) is 2.74. The molecule has 120 valence electrons. The van der Waals surface area contributed by atoms with Crippen molar-refractivity contribution in [1.82, 2.24) is 0 Å². The Morgan fingerprint density at radius 3 is 2.62 bits per heavy atom. The van der Waals surface area contributed by atoms with E-state index in [1.165, 1.54) is 11.3 Å². The van der Waals surface area contributed by atoms with Crippen molar-refractivity contribution in [2.45, 2.75) is 44.5 Å². The van der Waals surface area contributed by atoms with Gasteiger partial charge in [0.15, 0.2) is 0 Å². The monoisotopic (exact) mass is 318 g/mol. The molecule has 0 saturated carbocycles. The van der Waals surface area contributed by atoms with E-state index in [0.29, 0.717) is 4.88 Å². The van der Waals surface area contributed by atoms with Gasteiger partial charge < -0.3 is 25.2 Å². The van der Waals surface area contributed by atoms with E-state index in [1.807, 2.05) is 6.07 Å². The van der Waals surface area contributed by atoms with Crippen molar-refractivity contribution in [3.63, 3.8) is 0 Å². The summed E-state index contributed by atoms with van der Waals surface area (Å²) in [5.41, 5.74) is 0. The summed E-state index contributed by atoms with van der Waals surface area (Å²) in [5.74, 6) is -0.515. The number of carbonyl (C=O) groups excluding carboxylic acids is 1. The highest BCUT2D eigenvalue weighted by molar-refractivity contribution is 7.13. The van der Waals surface area contributed by atoms with Gasteiger partial charge in [-0.15, -0.1) is 11.3 Å². The third kappa shape index (κ3) is 6.11. The first-order chi connectivity index (χ1) is 9.97. The number of aliphatic hydroxyl groups is 4. The highest BCUT2D eigenvalue weighted by atomic mass is 32.1. The van der Waals surface area contributed by atoms with Gasteiger partial charge in [0.05, 0.1) is 18.8 Å². The van der Waals surface area contributed by atoms with Gasteiger partial charge in [0.1, 0.15) is 17.6 Å². The standard InChI is InChI=1S/C14H22O6S/c1-2-3-10-4-5-13(21-10)14(19)20-8-9(16)6-11(17)12(18)7-15/h4-5,9,11-12,15-18H,2-3,6-8H2,1H3. The topological polar surface area (TPSA) is 107 Å². The second-order valence-electron chi connectivity index (χ2n) is 4.82. The van der Waals surface area contributed by atoms with Crippen molar-refractivity contribution >= 4 is 17.3 Å². The van der Waals surface area contributed by atoms with Gasteiger partial charge in [0, 0.05) is 11.3 Å². The second kappa shape index (κ2) is 9.11. The molecular weight excluding hydrogens is 296 g/mol. The molecular formula is C14H22O6S. The van der Waals surface area contributed by atoms with Crippen LogP contribution in [-0.2, 0) is 11.2 Å². The zero-order valence-electron chi connectivity index (χ0n) is 11.9. The minimum absolute atomic E-state index is 0.180. The molecule has 0 fully saturated rings. The molecule has 1 aromatic heterocycles. The molecule has 0 aliphatic heterocycles. The Bertz CT molecular complexity index is 433. The molecule has 0 aromatic carbocycles. The van der Waals surface area contributed by atoms with E-state index in [-0.39, 0.29) is 13.0 Å². The fraction of sp³-hybridized carbons (Fsp3) is 0.643. The van der Waals surface area contributed by atoms with Crippen LogP contribution in [0.5, 0.6) is 0 Å². The van der Waals surface area contributed by atoms with E-state index >= 15 is 0 Å². The molecule has 1 heterocycles. The second-order valence-corrected chi connectivity index (χ2v) is 5.99. The zero-order chi connectivity index (χ0) is 15.8. The molecule has 21 heavy (non-hydrogen) atoms. The first-order valence-corrected chi connectivity index (χ1v) is 7.70. The van der Waals surface area contributed by atoms with Crippen molar-refractivity contribution in [2.75, 3.05) is 13.2 Å². The van der Waals surface area contributed by atoms with Crippen molar-refractivity contribution in [2.24, 2.45) is 0 Å². The molecule has 1 rings (SSSR count). The van der Waals surface area contributed by atoms with Crippen LogP contribution < -0.4 is 0 Å². The third-order valence-corrected chi connectivity index (χ3v) is 4.04. The molecule has 0 amide bonds. The lowest BCUT2D eigenvalue weighted by Crippen LogP contribution is -2.34. The first kappa shape index (κ1) is 18.1. The Morgan fingerprint density at radius 2 is 2.00 bits per heavy atom. The smallest absolute Gasteiger partial charge is 0.348 e. The van der Waals surface area contributed by atoms with Crippen molar-refractivity contribution < 1.29 is 30.0 Å². The van der Waals surface area contributed by atoms with Crippen LogP contribution in [0.15, 0.2) is 12.1 Å².